The largest absolute Gasteiger partial charge is 0.506 e. The first kappa shape index (κ1) is 8.30. The van der Waals surface area contributed by atoms with Gasteiger partial charge in [-0.25, -0.2) is 0 Å². The fourth-order valence-electron chi connectivity index (χ4n) is 0.746. The first-order valence-electron chi connectivity index (χ1n) is 3.18. The maximum absolute atomic E-state index is 8.90. The van der Waals surface area contributed by atoms with E-state index in [4.69, 9.17) is 21.8 Å². The molecular formula is C7H8ClNO2. The fourth-order valence-corrected chi connectivity index (χ4v) is 1.00. The predicted molar refractivity (Wildman–Crippen MR) is 41.7 cm³/mol. The average Bonchev–Trinajstić information content (AvgIpc) is 1.95. The first-order valence-corrected chi connectivity index (χ1v) is 3.56. The van der Waals surface area contributed by atoms with E-state index < -0.39 is 0 Å². The lowest BCUT2D eigenvalue weighted by molar-refractivity contribution is 0.298. The summed E-state index contributed by atoms with van der Waals surface area (Å²) in [6.07, 6.45) is 1.72. The van der Waals surface area contributed by atoms with Crippen molar-refractivity contribution in [2.75, 3.05) is 6.61 Å². The highest BCUT2D eigenvalue weighted by atomic mass is 35.5. The van der Waals surface area contributed by atoms with Crippen LogP contribution in [-0.2, 0) is 6.42 Å². The highest BCUT2D eigenvalue weighted by Crippen LogP contribution is 2.18. The van der Waals surface area contributed by atoms with Gasteiger partial charge >= 0.3 is 0 Å². The SMILES string of the molecule is OCCc1ncc(O)cc1Cl. The lowest BCUT2D eigenvalue weighted by Gasteiger charge is -1.99. The summed E-state index contributed by atoms with van der Waals surface area (Å²) in [5.41, 5.74) is 0.604. The third kappa shape index (κ3) is 2.06. The van der Waals surface area contributed by atoms with E-state index in [-0.39, 0.29) is 12.4 Å². The molecule has 0 unspecified atom stereocenters. The van der Waals surface area contributed by atoms with Gasteiger partial charge in [0.2, 0.25) is 0 Å². The summed E-state index contributed by atoms with van der Waals surface area (Å²) >= 11 is 5.67. The standard InChI is InChI=1S/C7H8ClNO2/c8-6-3-5(11)4-9-7(6)1-2-10/h3-4,10-11H,1-2H2. The van der Waals surface area contributed by atoms with Crippen molar-refractivity contribution in [3.63, 3.8) is 0 Å². The number of hydrogen-bond donors (Lipinski definition) is 2. The van der Waals surface area contributed by atoms with Crippen LogP contribution < -0.4 is 0 Å². The number of aromatic nitrogens is 1. The van der Waals surface area contributed by atoms with Crippen LogP contribution in [0.4, 0.5) is 0 Å². The van der Waals surface area contributed by atoms with E-state index in [1.165, 1.54) is 12.3 Å². The number of hydrogen-bond acceptors (Lipinski definition) is 3. The van der Waals surface area contributed by atoms with Crippen molar-refractivity contribution in [2.45, 2.75) is 6.42 Å². The molecule has 3 nitrogen and oxygen atoms in total. The molecule has 4 heteroatoms. The molecule has 11 heavy (non-hydrogen) atoms. The highest BCUT2D eigenvalue weighted by Gasteiger charge is 2.01. The number of nitrogens with zero attached hydrogens (tertiary/aromatic N) is 1. The van der Waals surface area contributed by atoms with E-state index in [1.54, 1.807) is 0 Å². The Kier molecular flexibility index (Phi) is 2.68. The van der Waals surface area contributed by atoms with Gasteiger partial charge in [0.05, 0.1) is 16.9 Å². The molecule has 0 bridgehead atoms. The number of aromatic hydroxyl groups is 1. The lowest BCUT2D eigenvalue weighted by atomic mass is 10.3. The van der Waals surface area contributed by atoms with E-state index in [0.29, 0.717) is 17.1 Å². The van der Waals surface area contributed by atoms with Crippen LogP contribution in [0.3, 0.4) is 0 Å². The summed E-state index contributed by atoms with van der Waals surface area (Å²) in [6.45, 7) is 0.0114. The van der Waals surface area contributed by atoms with Crippen molar-refractivity contribution in [2.24, 2.45) is 0 Å². The molecule has 0 atom stereocenters. The second-order valence-corrected chi connectivity index (χ2v) is 2.50. The molecule has 0 amide bonds. The van der Waals surface area contributed by atoms with E-state index in [9.17, 15) is 0 Å². The van der Waals surface area contributed by atoms with Crippen LogP contribution in [0.5, 0.6) is 5.75 Å². The average molecular weight is 174 g/mol. The fraction of sp³-hybridized carbons (Fsp3) is 0.286. The first-order chi connectivity index (χ1) is 5.24. The molecule has 0 saturated carbocycles. The van der Waals surface area contributed by atoms with Crippen molar-refractivity contribution in [3.8, 4) is 5.75 Å². The van der Waals surface area contributed by atoms with Crippen molar-refractivity contribution in [1.29, 1.82) is 0 Å². The summed E-state index contributed by atoms with van der Waals surface area (Å²) in [7, 11) is 0. The summed E-state index contributed by atoms with van der Waals surface area (Å²) in [5, 5.41) is 17.8. The van der Waals surface area contributed by atoms with Crippen molar-refractivity contribution in [1.82, 2.24) is 4.98 Å². The van der Waals surface area contributed by atoms with Crippen LogP contribution in [0.15, 0.2) is 12.3 Å². The minimum atomic E-state index is 0.0114. The Balaban J connectivity index is 2.90. The van der Waals surface area contributed by atoms with Crippen molar-refractivity contribution in [3.05, 3.63) is 23.0 Å². The number of aliphatic hydroxyl groups is 1. The molecule has 0 radical (unpaired) electrons. The van der Waals surface area contributed by atoms with E-state index in [1.807, 2.05) is 0 Å². The molecule has 0 aromatic carbocycles. The second-order valence-electron chi connectivity index (χ2n) is 2.10. The molecular weight excluding hydrogens is 166 g/mol. The minimum absolute atomic E-state index is 0.0114. The monoisotopic (exact) mass is 173 g/mol. The zero-order valence-electron chi connectivity index (χ0n) is 5.79. The van der Waals surface area contributed by atoms with E-state index in [2.05, 4.69) is 4.98 Å². The predicted octanol–water partition coefficient (Wildman–Crippen LogP) is 0.975. The third-order valence-corrected chi connectivity index (χ3v) is 1.58. The van der Waals surface area contributed by atoms with E-state index in [0.717, 1.165) is 0 Å². The van der Waals surface area contributed by atoms with Crippen LogP contribution >= 0.6 is 11.6 Å². The molecule has 1 aromatic rings. The molecule has 0 saturated heterocycles. The number of rotatable bonds is 2. The zero-order chi connectivity index (χ0) is 8.27. The van der Waals surface area contributed by atoms with Gasteiger partial charge < -0.3 is 10.2 Å². The Bertz CT molecular complexity index is 252. The molecule has 1 aromatic heterocycles. The highest BCUT2D eigenvalue weighted by molar-refractivity contribution is 6.31. The molecule has 60 valence electrons. The van der Waals surface area contributed by atoms with Crippen LogP contribution in [0.2, 0.25) is 5.02 Å². The minimum Gasteiger partial charge on any atom is -0.506 e. The molecule has 1 rings (SSSR count). The third-order valence-electron chi connectivity index (χ3n) is 1.25. The van der Waals surface area contributed by atoms with Gasteiger partial charge in [-0.05, 0) is 0 Å². The summed E-state index contributed by atoms with van der Waals surface area (Å²) in [5.74, 6) is 0.0386. The van der Waals surface area contributed by atoms with Gasteiger partial charge in [0.15, 0.2) is 0 Å². The summed E-state index contributed by atoms with van der Waals surface area (Å²) in [6, 6.07) is 1.40. The van der Waals surface area contributed by atoms with Crippen LogP contribution in [0.1, 0.15) is 5.69 Å². The van der Waals surface area contributed by atoms with Crippen molar-refractivity contribution < 1.29 is 10.2 Å². The topological polar surface area (TPSA) is 53.4 Å². The quantitative estimate of drug-likeness (QED) is 0.701. The molecule has 0 fully saturated rings. The second kappa shape index (κ2) is 3.55. The Morgan fingerprint density at radius 1 is 1.55 bits per heavy atom. The molecule has 0 aliphatic carbocycles. The Hall–Kier alpha value is -0.800. The van der Waals surface area contributed by atoms with Crippen LogP contribution in [0.25, 0.3) is 0 Å². The van der Waals surface area contributed by atoms with Crippen LogP contribution in [0, 0.1) is 0 Å². The Morgan fingerprint density at radius 3 is 2.82 bits per heavy atom. The van der Waals surface area contributed by atoms with Gasteiger partial charge in [-0.15, -0.1) is 0 Å². The summed E-state index contributed by atoms with van der Waals surface area (Å²) in [4.78, 5) is 3.83. The van der Waals surface area contributed by atoms with Gasteiger partial charge in [-0.1, -0.05) is 11.6 Å². The summed E-state index contributed by atoms with van der Waals surface area (Å²) < 4.78 is 0. The van der Waals surface area contributed by atoms with Gasteiger partial charge in [0.25, 0.3) is 0 Å². The van der Waals surface area contributed by atoms with Crippen LogP contribution in [-0.4, -0.2) is 21.8 Å². The Labute approximate surface area is 69.3 Å². The number of halogens is 1. The maximum Gasteiger partial charge on any atom is 0.135 e. The normalized spacial score (nSPS) is 10.0. The van der Waals surface area contributed by atoms with Crippen molar-refractivity contribution >= 4 is 11.6 Å². The lowest BCUT2D eigenvalue weighted by Crippen LogP contribution is -1.94. The Morgan fingerprint density at radius 2 is 2.27 bits per heavy atom. The molecule has 1 heterocycles. The molecule has 2 N–H and O–H groups in total. The van der Waals surface area contributed by atoms with Gasteiger partial charge in [0.1, 0.15) is 5.75 Å². The maximum atomic E-state index is 8.90. The number of aliphatic hydroxyl groups excluding tert-OH is 1. The molecule has 0 aliphatic heterocycles. The van der Waals surface area contributed by atoms with Gasteiger partial charge in [0, 0.05) is 19.1 Å². The van der Waals surface area contributed by atoms with Gasteiger partial charge in [-0.3, -0.25) is 4.98 Å². The smallest absolute Gasteiger partial charge is 0.135 e. The zero-order valence-corrected chi connectivity index (χ0v) is 6.54. The van der Waals surface area contributed by atoms with Gasteiger partial charge in [-0.2, -0.15) is 0 Å². The molecule has 0 spiro atoms. The number of pyridine rings is 1. The van der Waals surface area contributed by atoms with E-state index >= 15 is 0 Å². The molecule has 0 aliphatic rings.